The van der Waals surface area contributed by atoms with E-state index in [9.17, 15) is 0 Å². The first kappa shape index (κ1) is 10.1. The molecule has 0 radical (unpaired) electrons. The number of hydrogen-bond acceptors (Lipinski definition) is 4. The van der Waals surface area contributed by atoms with Crippen LogP contribution in [0.15, 0.2) is 23.3 Å². The molecule has 15 heavy (non-hydrogen) atoms. The van der Waals surface area contributed by atoms with E-state index in [0.29, 0.717) is 0 Å². The van der Waals surface area contributed by atoms with Gasteiger partial charge in [-0.3, -0.25) is 9.99 Å². The summed E-state index contributed by atoms with van der Waals surface area (Å²) in [7, 11) is 0. The summed E-state index contributed by atoms with van der Waals surface area (Å²) >= 11 is 0. The highest BCUT2D eigenvalue weighted by Gasteiger charge is 2.06. The van der Waals surface area contributed by atoms with E-state index in [-0.39, 0.29) is 0 Å². The monoisotopic (exact) mass is 205 g/mol. The van der Waals surface area contributed by atoms with Crippen molar-refractivity contribution in [3.8, 4) is 0 Å². The van der Waals surface area contributed by atoms with Gasteiger partial charge in [0.2, 0.25) is 0 Å². The number of ether oxygens (including phenoxy) is 1. The Balaban J connectivity index is 1.97. The Morgan fingerprint density at radius 1 is 1.40 bits per heavy atom. The molecule has 2 heterocycles. The summed E-state index contributed by atoms with van der Waals surface area (Å²) in [6, 6.07) is 5.92. The summed E-state index contributed by atoms with van der Waals surface area (Å²) in [4.78, 5) is 4.35. The smallest absolute Gasteiger partial charge is 0.0833 e. The molecule has 0 N–H and O–H groups in total. The molecule has 1 saturated heterocycles. The van der Waals surface area contributed by atoms with Gasteiger partial charge in [0.1, 0.15) is 0 Å². The largest absolute Gasteiger partial charge is 0.378 e. The highest BCUT2D eigenvalue weighted by atomic mass is 16.5. The third kappa shape index (κ3) is 3.02. The van der Waals surface area contributed by atoms with E-state index < -0.39 is 0 Å². The zero-order valence-corrected chi connectivity index (χ0v) is 8.89. The molecule has 4 nitrogen and oxygen atoms in total. The van der Waals surface area contributed by atoms with Gasteiger partial charge in [0.05, 0.1) is 38.2 Å². The predicted molar refractivity (Wildman–Crippen MR) is 59.0 cm³/mol. The van der Waals surface area contributed by atoms with Crippen molar-refractivity contribution < 1.29 is 4.74 Å². The van der Waals surface area contributed by atoms with E-state index in [2.05, 4.69) is 10.1 Å². The third-order valence-electron chi connectivity index (χ3n) is 2.25. The first-order valence-corrected chi connectivity index (χ1v) is 5.15. The minimum absolute atomic E-state index is 0.762. The SMILES string of the molecule is Cc1cccc(C=NN2CCOCC2)n1. The number of nitrogens with zero attached hydrogens (tertiary/aromatic N) is 3. The summed E-state index contributed by atoms with van der Waals surface area (Å²) in [6.07, 6.45) is 1.80. The van der Waals surface area contributed by atoms with Gasteiger partial charge in [0, 0.05) is 5.69 Å². The van der Waals surface area contributed by atoms with Crippen molar-refractivity contribution in [2.45, 2.75) is 6.92 Å². The first-order chi connectivity index (χ1) is 7.34. The fourth-order valence-corrected chi connectivity index (χ4v) is 1.45. The van der Waals surface area contributed by atoms with E-state index in [0.717, 1.165) is 37.7 Å². The lowest BCUT2D eigenvalue weighted by Crippen LogP contribution is -2.32. The summed E-state index contributed by atoms with van der Waals surface area (Å²) in [5.41, 5.74) is 1.92. The summed E-state index contributed by atoms with van der Waals surface area (Å²) in [6.45, 7) is 5.23. The fourth-order valence-electron chi connectivity index (χ4n) is 1.45. The minimum atomic E-state index is 0.762. The van der Waals surface area contributed by atoms with Gasteiger partial charge in [-0.15, -0.1) is 0 Å². The molecule has 1 aliphatic rings. The van der Waals surface area contributed by atoms with E-state index in [1.54, 1.807) is 6.21 Å². The van der Waals surface area contributed by atoms with E-state index in [1.807, 2.05) is 30.1 Å². The number of aromatic nitrogens is 1. The molecule has 0 atom stereocenters. The number of hydrogen-bond donors (Lipinski definition) is 0. The number of rotatable bonds is 2. The van der Waals surface area contributed by atoms with Crippen molar-refractivity contribution in [3.05, 3.63) is 29.6 Å². The molecule has 0 aliphatic carbocycles. The fraction of sp³-hybridized carbons (Fsp3) is 0.455. The van der Waals surface area contributed by atoms with Crippen LogP contribution in [0.3, 0.4) is 0 Å². The van der Waals surface area contributed by atoms with E-state index in [1.165, 1.54) is 0 Å². The Kier molecular flexibility index (Phi) is 3.29. The average Bonchev–Trinajstić information content (AvgIpc) is 2.28. The summed E-state index contributed by atoms with van der Waals surface area (Å²) < 4.78 is 5.24. The Hall–Kier alpha value is -1.42. The quantitative estimate of drug-likeness (QED) is 0.677. The topological polar surface area (TPSA) is 37.7 Å². The molecule has 0 spiro atoms. The Morgan fingerprint density at radius 3 is 2.93 bits per heavy atom. The number of pyridine rings is 1. The lowest BCUT2D eigenvalue weighted by atomic mass is 10.3. The molecule has 2 rings (SSSR count). The van der Waals surface area contributed by atoms with Gasteiger partial charge in [0.25, 0.3) is 0 Å². The van der Waals surface area contributed by atoms with Crippen molar-refractivity contribution in [2.75, 3.05) is 26.3 Å². The van der Waals surface area contributed by atoms with Gasteiger partial charge in [-0.1, -0.05) is 6.07 Å². The van der Waals surface area contributed by atoms with Crippen molar-refractivity contribution >= 4 is 6.21 Å². The maximum Gasteiger partial charge on any atom is 0.0833 e. The normalized spacial score (nSPS) is 17.3. The van der Waals surface area contributed by atoms with Crippen LogP contribution in [-0.2, 0) is 4.74 Å². The van der Waals surface area contributed by atoms with Crippen LogP contribution >= 0.6 is 0 Å². The van der Waals surface area contributed by atoms with Crippen molar-refractivity contribution in [1.29, 1.82) is 0 Å². The molecule has 1 fully saturated rings. The molecule has 0 saturated carbocycles. The minimum Gasteiger partial charge on any atom is -0.378 e. The Labute approximate surface area is 89.6 Å². The molecule has 4 heteroatoms. The van der Waals surface area contributed by atoms with Crippen molar-refractivity contribution in [1.82, 2.24) is 9.99 Å². The molecule has 0 amide bonds. The molecule has 0 bridgehead atoms. The van der Waals surface area contributed by atoms with Crippen molar-refractivity contribution in [2.24, 2.45) is 5.10 Å². The molecule has 1 aromatic heterocycles. The van der Waals surface area contributed by atoms with Crippen LogP contribution in [-0.4, -0.2) is 42.5 Å². The summed E-state index contributed by atoms with van der Waals surface area (Å²) in [5.74, 6) is 0. The van der Waals surface area contributed by atoms with Gasteiger partial charge in [-0.05, 0) is 19.1 Å². The maximum atomic E-state index is 5.24. The van der Waals surface area contributed by atoms with Gasteiger partial charge in [-0.25, -0.2) is 0 Å². The van der Waals surface area contributed by atoms with Crippen LogP contribution in [0.2, 0.25) is 0 Å². The third-order valence-corrected chi connectivity index (χ3v) is 2.25. The standard InChI is InChI=1S/C11H15N3O/c1-10-3-2-4-11(13-10)9-12-14-5-7-15-8-6-14/h2-4,9H,5-8H2,1H3. The second kappa shape index (κ2) is 4.89. The molecule has 1 aromatic rings. The lowest BCUT2D eigenvalue weighted by Gasteiger charge is -2.23. The van der Waals surface area contributed by atoms with E-state index in [4.69, 9.17) is 4.74 Å². The number of aryl methyl sites for hydroxylation is 1. The highest BCUT2D eigenvalue weighted by Crippen LogP contribution is 1.99. The van der Waals surface area contributed by atoms with Gasteiger partial charge >= 0.3 is 0 Å². The van der Waals surface area contributed by atoms with Gasteiger partial charge < -0.3 is 4.74 Å². The highest BCUT2D eigenvalue weighted by molar-refractivity contribution is 5.76. The maximum absolute atomic E-state index is 5.24. The zero-order chi connectivity index (χ0) is 10.5. The molecular weight excluding hydrogens is 190 g/mol. The molecule has 0 unspecified atom stereocenters. The van der Waals surface area contributed by atoms with Gasteiger partial charge in [-0.2, -0.15) is 5.10 Å². The number of morpholine rings is 1. The molecule has 0 aromatic carbocycles. The average molecular weight is 205 g/mol. The molecule has 1 aliphatic heterocycles. The predicted octanol–water partition coefficient (Wildman–Crippen LogP) is 1.06. The van der Waals surface area contributed by atoms with E-state index >= 15 is 0 Å². The van der Waals surface area contributed by atoms with Crippen molar-refractivity contribution in [3.63, 3.8) is 0 Å². The first-order valence-electron chi connectivity index (χ1n) is 5.15. The molecular formula is C11H15N3O. The van der Waals surface area contributed by atoms with Crippen LogP contribution < -0.4 is 0 Å². The summed E-state index contributed by atoms with van der Waals surface area (Å²) in [5, 5.41) is 6.37. The van der Waals surface area contributed by atoms with Crippen LogP contribution in [0, 0.1) is 6.92 Å². The van der Waals surface area contributed by atoms with Crippen LogP contribution in [0.5, 0.6) is 0 Å². The lowest BCUT2D eigenvalue weighted by molar-refractivity contribution is 0.0396. The Morgan fingerprint density at radius 2 is 2.20 bits per heavy atom. The van der Waals surface area contributed by atoms with Crippen LogP contribution in [0.25, 0.3) is 0 Å². The number of hydrazone groups is 1. The molecule has 80 valence electrons. The second-order valence-electron chi connectivity index (χ2n) is 3.51. The zero-order valence-electron chi connectivity index (χ0n) is 8.89. The van der Waals surface area contributed by atoms with Crippen LogP contribution in [0.1, 0.15) is 11.4 Å². The Bertz CT molecular complexity index is 345. The van der Waals surface area contributed by atoms with Crippen LogP contribution in [0.4, 0.5) is 0 Å². The van der Waals surface area contributed by atoms with Gasteiger partial charge in [0.15, 0.2) is 0 Å². The second-order valence-corrected chi connectivity index (χ2v) is 3.51.